The molecular formula is C21H12Cl2N2O3. The van der Waals surface area contributed by atoms with Crippen LogP contribution in [-0.4, -0.2) is 15.7 Å². The third-order valence-electron chi connectivity index (χ3n) is 4.09. The fourth-order valence-electron chi connectivity index (χ4n) is 2.77. The standard InChI is InChI=1S/C21H12Cl2N2O3/c22-14-7-5-6-13(12-14)19-24-18-11-4-2-9-16(18)20(26)25(19)28-21(27)15-8-1-3-10-17(15)23/h1-12H. The SMILES string of the molecule is O=C(On1c(-c2cccc(Cl)c2)nc2ccccc2c1=O)c1ccccc1Cl. The molecule has 28 heavy (non-hydrogen) atoms. The topological polar surface area (TPSA) is 61.2 Å². The maximum absolute atomic E-state index is 13.0. The number of nitrogens with zero attached hydrogens (tertiary/aromatic N) is 2. The van der Waals surface area contributed by atoms with Gasteiger partial charge >= 0.3 is 5.97 Å². The van der Waals surface area contributed by atoms with Gasteiger partial charge in [-0.2, -0.15) is 0 Å². The molecule has 1 heterocycles. The van der Waals surface area contributed by atoms with E-state index >= 15 is 0 Å². The highest BCUT2D eigenvalue weighted by Gasteiger charge is 2.19. The van der Waals surface area contributed by atoms with Crippen molar-refractivity contribution in [3.8, 4) is 11.4 Å². The summed E-state index contributed by atoms with van der Waals surface area (Å²) in [5, 5.41) is 1.00. The van der Waals surface area contributed by atoms with Gasteiger partial charge in [0, 0.05) is 10.6 Å². The number of aromatic nitrogens is 2. The lowest BCUT2D eigenvalue weighted by Gasteiger charge is -2.13. The van der Waals surface area contributed by atoms with Crippen LogP contribution in [0.2, 0.25) is 10.0 Å². The molecule has 0 aliphatic carbocycles. The number of carbonyl (C=O) groups excluding carboxylic acids is 1. The lowest BCUT2D eigenvalue weighted by Crippen LogP contribution is -2.33. The fourth-order valence-corrected chi connectivity index (χ4v) is 3.17. The molecule has 7 heteroatoms. The summed E-state index contributed by atoms with van der Waals surface area (Å²) in [5.41, 5.74) is 0.636. The molecule has 4 aromatic rings. The summed E-state index contributed by atoms with van der Waals surface area (Å²) < 4.78 is 0.875. The molecule has 5 nitrogen and oxygen atoms in total. The fraction of sp³-hybridized carbons (Fsp3) is 0. The number of fused-ring (bicyclic) bond motifs is 1. The summed E-state index contributed by atoms with van der Waals surface area (Å²) in [6.45, 7) is 0. The van der Waals surface area contributed by atoms with Crippen LogP contribution in [0.5, 0.6) is 0 Å². The van der Waals surface area contributed by atoms with E-state index in [0.29, 0.717) is 21.5 Å². The van der Waals surface area contributed by atoms with Crippen molar-refractivity contribution in [2.45, 2.75) is 0 Å². The molecule has 4 rings (SSSR count). The molecule has 1 aromatic heterocycles. The van der Waals surface area contributed by atoms with Gasteiger partial charge in [0.25, 0.3) is 5.56 Å². The Morgan fingerprint density at radius 1 is 0.929 bits per heavy atom. The molecule has 0 spiro atoms. The molecule has 0 aliphatic rings. The van der Waals surface area contributed by atoms with Crippen LogP contribution in [0.3, 0.4) is 0 Å². The van der Waals surface area contributed by atoms with E-state index in [0.717, 1.165) is 4.73 Å². The lowest BCUT2D eigenvalue weighted by atomic mass is 10.2. The minimum absolute atomic E-state index is 0.140. The van der Waals surface area contributed by atoms with Gasteiger partial charge in [0.2, 0.25) is 0 Å². The van der Waals surface area contributed by atoms with E-state index in [4.69, 9.17) is 28.0 Å². The van der Waals surface area contributed by atoms with Crippen LogP contribution in [0, 0.1) is 0 Å². The first kappa shape index (κ1) is 18.2. The third-order valence-corrected chi connectivity index (χ3v) is 4.65. The molecule has 0 saturated carbocycles. The zero-order chi connectivity index (χ0) is 19.7. The van der Waals surface area contributed by atoms with Gasteiger partial charge in [-0.1, -0.05) is 59.6 Å². The molecule has 0 unspecified atom stereocenters. The number of para-hydroxylation sites is 1. The zero-order valence-electron chi connectivity index (χ0n) is 14.3. The van der Waals surface area contributed by atoms with Crippen molar-refractivity contribution >= 4 is 40.1 Å². The highest BCUT2D eigenvalue weighted by molar-refractivity contribution is 6.33. The Labute approximate surface area is 169 Å². The van der Waals surface area contributed by atoms with Crippen molar-refractivity contribution < 1.29 is 9.63 Å². The van der Waals surface area contributed by atoms with Gasteiger partial charge in [-0.05, 0) is 36.4 Å². The van der Waals surface area contributed by atoms with Crippen molar-refractivity contribution in [3.05, 3.63) is 98.8 Å². The van der Waals surface area contributed by atoms with Crippen molar-refractivity contribution in [1.29, 1.82) is 0 Å². The quantitative estimate of drug-likeness (QED) is 0.493. The minimum Gasteiger partial charge on any atom is -0.326 e. The van der Waals surface area contributed by atoms with Gasteiger partial charge in [-0.3, -0.25) is 4.79 Å². The predicted molar refractivity (Wildman–Crippen MR) is 109 cm³/mol. The van der Waals surface area contributed by atoms with Crippen LogP contribution in [0.4, 0.5) is 0 Å². The van der Waals surface area contributed by atoms with Gasteiger partial charge in [0.1, 0.15) is 0 Å². The average molecular weight is 411 g/mol. The molecule has 0 N–H and O–H groups in total. The number of carbonyl (C=O) groups is 1. The summed E-state index contributed by atoms with van der Waals surface area (Å²) in [6.07, 6.45) is 0. The first-order valence-corrected chi connectivity index (χ1v) is 9.05. The van der Waals surface area contributed by atoms with Crippen molar-refractivity contribution in [1.82, 2.24) is 9.71 Å². The van der Waals surface area contributed by atoms with E-state index in [1.807, 2.05) is 0 Å². The van der Waals surface area contributed by atoms with Crippen LogP contribution in [-0.2, 0) is 0 Å². The van der Waals surface area contributed by atoms with Gasteiger partial charge in [-0.25, -0.2) is 9.78 Å². The molecule has 0 radical (unpaired) electrons. The van der Waals surface area contributed by atoms with E-state index in [2.05, 4.69) is 4.98 Å². The monoisotopic (exact) mass is 410 g/mol. The number of hydrogen-bond donors (Lipinski definition) is 0. The predicted octanol–water partition coefficient (Wildman–Crippen LogP) is 4.64. The molecule has 138 valence electrons. The Balaban J connectivity index is 1.92. The van der Waals surface area contributed by atoms with E-state index in [1.165, 1.54) is 6.07 Å². The second kappa shape index (κ2) is 7.46. The van der Waals surface area contributed by atoms with E-state index in [1.54, 1.807) is 66.7 Å². The number of rotatable bonds is 3. The normalized spacial score (nSPS) is 10.8. The van der Waals surface area contributed by atoms with E-state index < -0.39 is 11.5 Å². The van der Waals surface area contributed by atoms with Crippen LogP contribution in [0.25, 0.3) is 22.3 Å². The third kappa shape index (κ3) is 3.38. The Hall–Kier alpha value is -3.15. The second-order valence-electron chi connectivity index (χ2n) is 5.92. The van der Waals surface area contributed by atoms with Gasteiger partial charge in [0.15, 0.2) is 5.82 Å². The summed E-state index contributed by atoms with van der Waals surface area (Å²) >= 11 is 12.2. The minimum atomic E-state index is -0.770. The van der Waals surface area contributed by atoms with Gasteiger partial charge in [-0.15, -0.1) is 4.73 Å². The molecule has 0 amide bonds. The molecule has 0 aliphatic heterocycles. The molecule has 0 fully saturated rings. The van der Waals surface area contributed by atoms with Crippen LogP contribution in [0.1, 0.15) is 10.4 Å². The molecule has 0 atom stereocenters. The Kier molecular flexibility index (Phi) is 4.86. The summed E-state index contributed by atoms with van der Waals surface area (Å²) in [6, 6.07) is 20.0. The van der Waals surface area contributed by atoms with Crippen molar-refractivity contribution in [2.24, 2.45) is 0 Å². The Morgan fingerprint density at radius 2 is 1.68 bits per heavy atom. The molecule has 3 aromatic carbocycles. The molecule has 0 bridgehead atoms. The smallest absolute Gasteiger partial charge is 0.326 e. The average Bonchev–Trinajstić information content (AvgIpc) is 2.70. The number of halogens is 2. The van der Waals surface area contributed by atoms with E-state index in [9.17, 15) is 9.59 Å². The number of benzene rings is 3. The largest absolute Gasteiger partial charge is 0.365 e. The second-order valence-corrected chi connectivity index (χ2v) is 6.76. The lowest BCUT2D eigenvalue weighted by molar-refractivity contribution is 0.0450. The summed E-state index contributed by atoms with van der Waals surface area (Å²) in [5.74, 6) is -0.611. The summed E-state index contributed by atoms with van der Waals surface area (Å²) in [4.78, 5) is 35.6. The first-order chi connectivity index (χ1) is 13.5. The van der Waals surface area contributed by atoms with Gasteiger partial charge < -0.3 is 4.84 Å². The highest BCUT2D eigenvalue weighted by atomic mass is 35.5. The molecule has 0 saturated heterocycles. The van der Waals surface area contributed by atoms with Crippen molar-refractivity contribution in [2.75, 3.05) is 0 Å². The van der Waals surface area contributed by atoms with Gasteiger partial charge in [0.05, 0.1) is 21.5 Å². The zero-order valence-corrected chi connectivity index (χ0v) is 15.8. The Morgan fingerprint density at radius 3 is 2.46 bits per heavy atom. The Bertz CT molecular complexity index is 1270. The number of hydrogen-bond acceptors (Lipinski definition) is 4. The highest BCUT2D eigenvalue weighted by Crippen LogP contribution is 2.22. The maximum Gasteiger partial charge on any atom is 0.365 e. The van der Waals surface area contributed by atoms with Crippen LogP contribution < -0.4 is 10.4 Å². The van der Waals surface area contributed by atoms with E-state index in [-0.39, 0.29) is 16.4 Å². The van der Waals surface area contributed by atoms with Crippen LogP contribution in [0.15, 0.2) is 77.6 Å². The maximum atomic E-state index is 13.0. The van der Waals surface area contributed by atoms with Crippen LogP contribution >= 0.6 is 23.2 Å². The summed E-state index contributed by atoms with van der Waals surface area (Å²) in [7, 11) is 0. The van der Waals surface area contributed by atoms with Crippen molar-refractivity contribution in [3.63, 3.8) is 0 Å². The first-order valence-electron chi connectivity index (χ1n) is 8.29. The molecular weight excluding hydrogens is 399 g/mol.